The van der Waals surface area contributed by atoms with Gasteiger partial charge in [0.25, 0.3) is 0 Å². The molecule has 2 fully saturated rings. The van der Waals surface area contributed by atoms with E-state index in [0.717, 1.165) is 50.4 Å². The molecule has 1 aliphatic heterocycles. The van der Waals surface area contributed by atoms with Crippen LogP contribution in [0.25, 0.3) is 5.82 Å². The van der Waals surface area contributed by atoms with E-state index in [1.54, 1.807) is 11.8 Å². The number of piperidine rings is 1. The van der Waals surface area contributed by atoms with Crippen molar-refractivity contribution in [1.82, 2.24) is 14.5 Å². The maximum atomic E-state index is 12.8. The first kappa shape index (κ1) is 20.3. The van der Waals surface area contributed by atoms with Crippen LogP contribution in [0, 0.1) is 11.3 Å². The van der Waals surface area contributed by atoms with Gasteiger partial charge in [0.2, 0.25) is 5.91 Å². The number of hydrogen-bond acceptors (Lipinski definition) is 4. The molecule has 1 spiro atoms. The molecule has 1 amide bonds. The van der Waals surface area contributed by atoms with E-state index in [4.69, 9.17) is 0 Å². The molecule has 0 unspecified atom stereocenters. The molecule has 1 N–H and O–H groups in total. The molecule has 1 atom stereocenters. The van der Waals surface area contributed by atoms with Gasteiger partial charge >= 0.3 is 0 Å². The van der Waals surface area contributed by atoms with Crippen LogP contribution in [0.5, 0.6) is 0 Å². The number of aromatic nitrogens is 2. The minimum atomic E-state index is 0.159. The van der Waals surface area contributed by atoms with E-state index < -0.39 is 0 Å². The first-order valence-corrected chi connectivity index (χ1v) is 12.1. The van der Waals surface area contributed by atoms with E-state index in [0.29, 0.717) is 0 Å². The number of thioether (sulfide) groups is 1. The number of carbonyl (C=O) groups excluding carboxylic acids is 1. The van der Waals surface area contributed by atoms with Gasteiger partial charge in [0.1, 0.15) is 5.82 Å². The van der Waals surface area contributed by atoms with E-state index in [1.165, 1.54) is 10.6 Å². The van der Waals surface area contributed by atoms with E-state index in [-0.39, 0.29) is 17.2 Å². The van der Waals surface area contributed by atoms with Crippen molar-refractivity contribution in [3.8, 4) is 5.82 Å². The Balaban J connectivity index is 1.15. The largest absolute Gasteiger partial charge is 0.326 e. The van der Waals surface area contributed by atoms with E-state index >= 15 is 0 Å². The standard InChI is InChI=1S/C25H28N4OS/c1-31-21-9-7-19(8-10-21)27-24(30)22-17-25(22)11-15-28(16-12-25)18-20-5-4-14-29(20)23-6-2-3-13-26-23/h2-10,13-14,22H,11-12,15-18H2,1H3,(H,27,30)/t22-/m0/s1. The highest BCUT2D eigenvalue weighted by Gasteiger charge is 2.58. The molecular weight excluding hydrogens is 404 g/mol. The molecule has 1 aliphatic carbocycles. The van der Waals surface area contributed by atoms with Crippen LogP contribution in [0.3, 0.4) is 0 Å². The minimum Gasteiger partial charge on any atom is -0.326 e. The number of benzene rings is 1. The molecule has 2 aliphatic rings. The van der Waals surface area contributed by atoms with Crippen molar-refractivity contribution in [3.05, 3.63) is 72.7 Å². The van der Waals surface area contributed by atoms with Crippen molar-refractivity contribution in [1.29, 1.82) is 0 Å². The molecule has 5 nitrogen and oxygen atoms in total. The van der Waals surface area contributed by atoms with Gasteiger partial charge < -0.3 is 9.88 Å². The third-order valence-corrected chi connectivity index (χ3v) is 7.57. The summed E-state index contributed by atoms with van der Waals surface area (Å²) in [6.07, 6.45) is 9.19. The molecule has 1 aromatic carbocycles. The van der Waals surface area contributed by atoms with Crippen LogP contribution in [-0.2, 0) is 11.3 Å². The summed E-state index contributed by atoms with van der Waals surface area (Å²) in [5, 5.41) is 3.13. The smallest absolute Gasteiger partial charge is 0.228 e. The highest BCUT2D eigenvalue weighted by molar-refractivity contribution is 7.98. The van der Waals surface area contributed by atoms with Crippen LogP contribution in [-0.4, -0.2) is 39.7 Å². The maximum absolute atomic E-state index is 12.8. The van der Waals surface area contributed by atoms with Crippen LogP contribution in [0.15, 0.2) is 71.9 Å². The Morgan fingerprint density at radius 1 is 1.13 bits per heavy atom. The zero-order chi connectivity index (χ0) is 21.3. The molecule has 31 heavy (non-hydrogen) atoms. The predicted octanol–water partition coefficient (Wildman–Crippen LogP) is 4.84. The van der Waals surface area contributed by atoms with Crippen LogP contribution >= 0.6 is 11.8 Å². The monoisotopic (exact) mass is 432 g/mol. The molecule has 3 heterocycles. The number of amides is 1. The second kappa shape index (κ2) is 8.52. The number of pyridine rings is 1. The Morgan fingerprint density at radius 2 is 1.94 bits per heavy atom. The van der Waals surface area contributed by atoms with Crippen molar-refractivity contribution in [3.63, 3.8) is 0 Å². The quantitative estimate of drug-likeness (QED) is 0.567. The molecule has 0 radical (unpaired) electrons. The molecule has 160 valence electrons. The lowest BCUT2D eigenvalue weighted by molar-refractivity contribution is -0.118. The van der Waals surface area contributed by atoms with E-state index in [2.05, 4.69) is 56.5 Å². The second-order valence-electron chi connectivity index (χ2n) is 8.67. The van der Waals surface area contributed by atoms with Crippen LogP contribution < -0.4 is 5.32 Å². The Kier molecular flexibility index (Phi) is 5.59. The summed E-state index contributed by atoms with van der Waals surface area (Å²) in [7, 11) is 0. The van der Waals surface area contributed by atoms with Gasteiger partial charge in [0.05, 0.1) is 0 Å². The predicted molar refractivity (Wildman–Crippen MR) is 125 cm³/mol. The molecule has 1 saturated heterocycles. The average Bonchev–Trinajstić information content (AvgIpc) is 3.32. The third-order valence-electron chi connectivity index (χ3n) is 6.83. The molecule has 0 bridgehead atoms. The first-order valence-electron chi connectivity index (χ1n) is 10.9. The van der Waals surface area contributed by atoms with E-state index in [9.17, 15) is 4.79 Å². The van der Waals surface area contributed by atoms with Gasteiger partial charge in [-0.3, -0.25) is 9.69 Å². The fourth-order valence-corrected chi connectivity index (χ4v) is 5.23. The summed E-state index contributed by atoms with van der Waals surface area (Å²) in [5.74, 6) is 1.31. The number of hydrogen-bond donors (Lipinski definition) is 1. The van der Waals surface area contributed by atoms with Crippen molar-refractivity contribution in [2.45, 2.75) is 30.7 Å². The summed E-state index contributed by atoms with van der Waals surface area (Å²) < 4.78 is 2.17. The average molecular weight is 433 g/mol. The summed E-state index contributed by atoms with van der Waals surface area (Å²) in [6.45, 7) is 3.00. The molecule has 5 rings (SSSR count). The SMILES string of the molecule is CSc1ccc(NC(=O)[C@@H]2CC23CCN(Cc2cccn2-c2ccccn2)CC3)cc1. The molecular formula is C25H28N4OS. The highest BCUT2D eigenvalue weighted by Crippen LogP contribution is 2.59. The molecule has 6 heteroatoms. The Morgan fingerprint density at radius 3 is 2.65 bits per heavy atom. The van der Waals surface area contributed by atoms with Crippen LogP contribution in [0.4, 0.5) is 5.69 Å². The lowest BCUT2D eigenvalue weighted by atomic mass is 9.90. The van der Waals surface area contributed by atoms with Gasteiger partial charge in [0, 0.05) is 41.1 Å². The summed E-state index contributed by atoms with van der Waals surface area (Å²) in [4.78, 5) is 21.0. The highest BCUT2D eigenvalue weighted by atomic mass is 32.2. The van der Waals surface area contributed by atoms with Crippen molar-refractivity contribution >= 4 is 23.4 Å². The van der Waals surface area contributed by atoms with Crippen LogP contribution in [0.2, 0.25) is 0 Å². The minimum absolute atomic E-state index is 0.159. The normalized spacial score (nSPS) is 20.0. The number of nitrogens with one attached hydrogen (secondary N) is 1. The topological polar surface area (TPSA) is 50.2 Å². The van der Waals surface area contributed by atoms with E-state index in [1.807, 2.05) is 36.5 Å². The fraction of sp³-hybridized carbons (Fsp3) is 0.360. The maximum Gasteiger partial charge on any atom is 0.228 e. The van der Waals surface area contributed by atoms with Crippen LogP contribution in [0.1, 0.15) is 25.0 Å². The second-order valence-corrected chi connectivity index (χ2v) is 9.55. The summed E-state index contributed by atoms with van der Waals surface area (Å²) in [6, 6.07) is 18.4. The third kappa shape index (κ3) is 4.27. The van der Waals surface area contributed by atoms with Gasteiger partial charge in [-0.2, -0.15) is 0 Å². The van der Waals surface area contributed by atoms with Gasteiger partial charge in [-0.15, -0.1) is 11.8 Å². The van der Waals surface area contributed by atoms with Gasteiger partial charge in [-0.25, -0.2) is 4.98 Å². The summed E-state index contributed by atoms with van der Waals surface area (Å²) >= 11 is 1.71. The Bertz CT molecular complexity index is 1040. The fourth-order valence-electron chi connectivity index (χ4n) is 4.83. The van der Waals surface area contributed by atoms with Crippen molar-refractivity contribution in [2.24, 2.45) is 11.3 Å². The zero-order valence-electron chi connectivity index (χ0n) is 17.8. The number of nitrogens with zero attached hydrogens (tertiary/aromatic N) is 3. The molecule has 2 aromatic heterocycles. The number of likely N-dealkylation sites (tertiary alicyclic amines) is 1. The van der Waals surface area contributed by atoms with Gasteiger partial charge in [-0.05, 0) is 92.6 Å². The number of anilines is 1. The first-order chi connectivity index (χ1) is 15.2. The zero-order valence-corrected chi connectivity index (χ0v) is 18.6. The lowest BCUT2D eigenvalue weighted by Crippen LogP contribution is -2.36. The molecule has 3 aromatic rings. The Hall–Kier alpha value is -2.57. The van der Waals surface area contributed by atoms with Gasteiger partial charge in [0.15, 0.2) is 0 Å². The number of rotatable bonds is 6. The number of carbonyl (C=O) groups is 1. The van der Waals surface area contributed by atoms with Crippen molar-refractivity contribution < 1.29 is 4.79 Å². The van der Waals surface area contributed by atoms with Crippen molar-refractivity contribution in [2.75, 3.05) is 24.7 Å². The summed E-state index contributed by atoms with van der Waals surface area (Å²) in [5.41, 5.74) is 2.37. The lowest BCUT2D eigenvalue weighted by Gasteiger charge is -2.33. The Labute approximate surface area is 187 Å². The van der Waals surface area contributed by atoms with Gasteiger partial charge in [-0.1, -0.05) is 6.07 Å². The molecule has 1 saturated carbocycles.